The molecule has 0 unspecified atom stereocenters. The van der Waals surface area contributed by atoms with Crippen LogP contribution in [0.5, 0.6) is 0 Å². The summed E-state index contributed by atoms with van der Waals surface area (Å²) in [6.45, 7) is 2.04. The minimum atomic E-state index is -1.16. The van der Waals surface area contributed by atoms with E-state index in [-0.39, 0.29) is 17.1 Å². The average Bonchev–Trinajstić information content (AvgIpc) is 2.53. The zero-order valence-corrected chi connectivity index (χ0v) is 13.7. The smallest absolute Gasteiger partial charge is 0.277 e. The number of aromatic nitrogens is 2. The number of unbranched alkanes of at least 4 members (excludes halogenated alkanes) is 1. The highest BCUT2D eigenvalue weighted by Gasteiger charge is 2.15. The summed E-state index contributed by atoms with van der Waals surface area (Å²) in [5, 5.41) is 2.63. The van der Waals surface area contributed by atoms with Gasteiger partial charge >= 0.3 is 0 Å². The van der Waals surface area contributed by atoms with Gasteiger partial charge in [-0.1, -0.05) is 25.1 Å². The van der Waals surface area contributed by atoms with E-state index >= 15 is 0 Å². The standard InChI is InChI=1S/C15H16F2N4O2S/c1-2-3-6-24-15-20-12(18)11(14(23)21-15)19-13(22)8-4-5-9(16)10(17)7-8/h4-5,7H,2-3,6H2,1H3,(H,19,22)(H3,18,20,21,23). The first kappa shape index (κ1) is 17.9. The lowest BCUT2D eigenvalue weighted by atomic mass is 10.2. The lowest BCUT2D eigenvalue weighted by Crippen LogP contribution is -2.23. The summed E-state index contributed by atoms with van der Waals surface area (Å²) in [6.07, 6.45) is 1.97. The van der Waals surface area contributed by atoms with Crippen LogP contribution in [0.1, 0.15) is 30.1 Å². The van der Waals surface area contributed by atoms with Gasteiger partial charge in [-0.2, -0.15) is 0 Å². The number of nitrogen functional groups attached to an aromatic ring is 1. The summed E-state index contributed by atoms with van der Waals surface area (Å²) in [7, 11) is 0. The van der Waals surface area contributed by atoms with Crippen LogP contribution in [-0.2, 0) is 0 Å². The predicted molar refractivity (Wildman–Crippen MR) is 89.2 cm³/mol. The fourth-order valence-corrected chi connectivity index (χ4v) is 2.75. The van der Waals surface area contributed by atoms with Crippen LogP contribution in [0.4, 0.5) is 20.3 Å². The van der Waals surface area contributed by atoms with E-state index in [0.29, 0.717) is 5.16 Å². The topological polar surface area (TPSA) is 101 Å². The van der Waals surface area contributed by atoms with Crippen LogP contribution in [-0.4, -0.2) is 21.6 Å². The van der Waals surface area contributed by atoms with Crippen molar-refractivity contribution in [1.29, 1.82) is 0 Å². The first-order chi connectivity index (χ1) is 11.4. The van der Waals surface area contributed by atoms with Gasteiger partial charge in [0.25, 0.3) is 11.5 Å². The Balaban J connectivity index is 2.18. The minimum Gasteiger partial charge on any atom is -0.382 e. The maximum absolute atomic E-state index is 13.2. The highest BCUT2D eigenvalue weighted by atomic mass is 32.2. The quantitative estimate of drug-likeness (QED) is 0.421. The van der Waals surface area contributed by atoms with Gasteiger partial charge in [-0.15, -0.1) is 0 Å². The molecule has 0 saturated carbocycles. The number of amides is 1. The Kier molecular flexibility index (Phi) is 5.91. The van der Waals surface area contributed by atoms with Gasteiger partial charge in [0.05, 0.1) is 0 Å². The third kappa shape index (κ3) is 4.31. The predicted octanol–water partition coefficient (Wildman–Crippen LogP) is 2.77. The van der Waals surface area contributed by atoms with Gasteiger partial charge < -0.3 is 11.1 Å². The number of hydrogen-bond donors (Lipinski definition) is 3. The number of halogens is 2. The lowest BCUT2D eigenvalue weighted by Gasteiger charge is -2.08. The number of nitrogens with zero attached hydrogens (tertiary/aromatic N) is 1. The first-order valence-electron chi connectivity index (χ1n) is 7.21. The number of nitrogens with one attached hydrogen (secondary N) is 2. The summed E-state index contributed by atoms with van der Waals surface area (Å²) in [4.78, 5) is 30.6. The summed E-state index contributed by atoms with van der Waals surface area (Å²) in [5.74, 6) is -2.39. The van der Waals surface area contributed by atoms with Crippen molar-refractivity contribution in [3.05, 3.63) is 45.8 Å². The average molecular weight is 354 g/mol. The number of H-pyrrole nitrogens is 1. The Labute approximate surface area is 140 Å². The molecule has 1 amide bonds. The number of aromatic amines is 1. The van der Waals surface area contributed by atoms with E-state index in [1.54, 1.807) is 0 Å². The summed E-state index contributed by atoms with van der Waals surface area (Å²) in [6, 6.07) is 2.65. The fraction of sp³-hybridized carbons (Fsp3) is 0.267. The van der Waals surface area contributed by atoms with Crippen LogP contribution in [0.15, 0.2) is 28.2 Å². The first-order valence-corrected chi connectivity index (χ1v) is 8.20. The Morgan fingerprint density at radius 3 is 2.75 bits per heavy atom. The molecule has 1 heterocycles. The third-order valence-electron chi connectivity index (χ3n) is 3.08. The molecule has 0 aliphatic heterocycles. The molecule has 0 radical (unpaired) electrons. The van der Waals surface area contributed by atoms with Crippen molar-refractivity contribution in [1.82, 2.24) is 9.97 Å². The Morgan fingerprint density at radius 2 is 2.12 bits per heavy atom. The molecule has 0 bridgehead atoms. The molecular weight excluding hydrogens is 338 g/mol. The van der Waals surface area contributed by atoms with Gasteiger partial charge in [0, 0.05) is 11.3 Å². The molecule has 6 nitrogen and oxygen atoms in total. The molecule has 0 aliphatic rings. The van der Waals surface area contributed by atoms with Crippen LogP contribution >= 0.6 is 11.8 Å². The van der Waals surface area contributed by atoms with Crippen molar-refractivity contribution in [2.75, 3.05) is 16.8 Å². The molecule has 9 heteroatoms. The largest absolute Gasteiger partial charge is 0.382 e. The monoisotopic (exact) mass is 354 g/mol. The molecule has 2 aromatic rings. The number of carbonyl (C=O) groups excluding carboxylic acids is 1. The highest BCUT2D eigenvalue weighted by molar-refractivity contribution is 7.99. The maximum Gasteiger partial charge on any atom is 0.277 e. The lowest BCUT2D eigenvalue weighted by molar-refractivity contribution is 0.102. The van der Waals surface area contributed by atoms with Gasteiger partial charge in [0.15, 0.2) is 22.6 Å². The van der Waals surface area contributed by atoms with Crippen molar-refractivity contribution in [3.63, 3.8) is 0 Å². The number of nitrogens with two attached hydrogens (primary N) is 1. The maximum atomic E-state index is 13.2. The molecule has 0 spiro atoms. The Bertz CT molecular complexity index is 811. The highest BCUT2D eigenvalue weighted by Crippen LogP contribution is 2.18. The number of thioether (sulfide) groups is 1. The van der Waals surface area contributed by atoms with Crippen molar-refractivity contribution >= 4 is 29.2 Å². The molecule has 2 rings (SSSR count). The van der Waals surface area contributed by atoms with E-state index in [1.165, 1.54) is 11.8 Å². The Hall–Kier alpha value is -2.42. The second kappa shape index (κ2) is 7.91. The van der Waals surface area contributed by atoms with E-state index in [0.717, 1.165) is 36.8 Å². The van der Waals surface area contributed by atoms with Gasteiger partial charge in [0.1, 0.15) is 5.69 Å². The van der Waals surface area contributed by atoms with Crippen LogP contribution in [0.25, 0.3) is 0 Å². The zero-order chi connectivity index (χ0) is 17.7. The van der Waals surface area contributed by atoms with Gasteiger partial charge in [0.2, 0.25) is 0 Å². The zero-order valence-electron chi connectivity index (χ0n) is 12.9. The molecule has 128 valence electrons. The molecule has 0 atom stereocenters. The van der Waals surface area contributed by atoms with Gasteiger partial charge in [-0.05, 0) is 24.6 Å². The number of rotatable bonds is 6. The van der Waals surface area contributed by atoms with Crippen LogP contribution in [0.3, 0.4) is 0 Å². The second-order valence-corrected chi connectivity index (χ2v) is 6.00. The number of hydrogen-bond acceptors (Lipinski definition) is 5. The van der Waals surface area contributed by atoms with E-state index in [2.05, 4.69) is 15.3 Å². The SMILES string of the molecule is CCCCSc1nc(N)c(NC(=O)c2ccc(F)c(F)c2)c(=O)[nH]1. The molecule has 24 heavy (non-hydrogen) atoms. The normalized spacial score (nSPS) is 10.6. The molecule has 1 aromatic carbocycles. The van der Waals surface area contributed by atoms with Crippen molar-refractivity contribution in [3.8, 4) is 0 Å². The minimum absolute atomic E-state index is 0.144. The van der Waals surface area contributed by atoms with E-state index in [1.807, 2.05) is 6.92 Å². The number of carbonyl (C=O) groups is 1. The second-order valence-electron chi connectivity index (χ2n) is 4.92. The van der Waals surface area contributed by atoms with Crippen LogP contribution in [0.2, 0.25) is 0 Å². The van der Waals surface area contributed by atoms with Gasteiger partial charge in [-0.3, -0.25) is 14.6 Å². The summed E-state index contributed by atoms with van der Waals surface area (Å²) >= 11 is 1.35. The number of benzene rings is 1. The van der Waals surface area contributed by atoms with Crippen molar-refractivity contribution < 1.29 is 13.6 Å². The van der Waals surface area contributed by atoms with Gasteiger partial charge in [-0.25, -0.2) is 13.8 Å². The molecule has 0 saturated heterocycles. The molecule has 4 N–H and O–H groups in total. The number of anilines is 2. The van der Waals surface area contributed by atoms with Crippen LogP contribution < -0.4 is 16.6 Å². The third-order valence-corrected chi connectivity index (χ3v) is 4.04. The van der Waals surface area contributed by atoms with Crippen molar-refractivity contribution in [2.24, 2.45) is 0 Å². The molecule has 0 aliphatic carbocycles. The van der Waals surface area contributed by atoms with E-state index in [4.69, 9.17) is 5.73 Å². The van der Waals surface area contributed by atoms with E-state index < -0.39 is 23.1 Å². The molecule has 0 fully saturated rings. The van der Waals surface area contributed by atoms with E-state index in [9.17, 15) is 18.4 Å². The summed E-state index contributed by atoms with van der Waals surface area (Å²) < 4.78 is 26.1. The molecule has 1 aromatic heterocycles. The Morgan fingerprint density at radius 1 is 1.38 bits per heavy atom. The molecular formula is C15H16F2N4O2S. The van der Waals surface area contributed by atoms with Crippen LogP contribution in [0, 0.1) is 11.6 Å². The van der Waals surface area contributed by atoms with Crippen molar-refractivity contribution in [2.45, 2.75) is 24.9 Å². The fourth-order valence-electron chi connectivity index (χ4n) is 1.79. The summed E-state index contributed by atoms with van der Waals surface area (Å²) in [5.41, 5.74) is 4.72.